The standard InChI is InChI=1S/C21H30N2O4/c1-14(18-5-8-23(20(24)25)19(18)21(2,3)4)15-11-17(13-22-12-15)27-16-6-9-26-10-7-16/h11-13,16,18-19H,1,5-10H2,2-4H3,(H,24,25). The second kappa shape index (κ2) is 7.89. The van der Waals surface area contributed by atoms with E-state index in [4.69, 9.17) is 9.47 Å². The molecule has 3 rings (SSSR count). The summed E-state index contributed by atoms with van der Waals surface area (Å²) in [7, 11) is 0. The van der Waals surface area contributed by atoms with Crippen molar-refractivity contribution in [3.63, 3.8) is 0 Å². The Balaban J connectivity index is 1.78. The van der Waals surface area contributed by atoms with Gasteiger partial charge >= 0.3 is 6.09 Å². The minimum Gasteiger partial charge on any atom is -0.489 e. The van der Waals surface area contributed by atoms with E-state index in [1.165, 1.54) is 0 Å². The molecule has 2 saturated heterocycles. The van der Waals surface area contributed by atoms with E-state index in [1.54, 1.807) is 17.3 Å². The van der Waals surface area contributed by atoms with Crippen LogP contribution in [0.25, 0.3) is 5.57 Å². The van der Waals surface area contributed by atoms with Crippen molar-refractivity contribution in [3.05, 3.63) is 30.6 Å². The first-order chi connectivity index (χ1) is 12.8. The minimum atomic E-state index is -0.861. The molecule has 6 nitrogen and oxygen atoms in total. The molecule has 0 radical (unpaired) electrons. The minimum absolute atomic E-state index is 0.0706. The molecule has 2 aliphatic heterocycles. The maximum atomic E-state index is 11.7. The smallest absolute Gasteiger partial charge is 0.407 e. The van der Waals surface area contributed by atoms with Crippen LogP contribution < -0.4 is 4.74 Å². The lowest BCUT2D eigenvalue weighted by atomic mass is 9.75. The Morgan fingerprint density at radius 1 is 1.30 bits per heavy atom. The summed E-state index contributed by atoms with van der Waals surface area (Å²) in [6.45, 7) is 12.6. The number of ether oxygens (including phenoxy) is 2. The summed E-state index contributed by atoms with van der Waals surface area (Å²) in [5, 5.41) is 9.60. The number of hydrogen-bond acceptors (Lipinski definition) is 4. The quantitative estimate of drug-likeness (QED) is 0.860. The van der Waals surface area contributed by atoms with Crippen molar-refractivity contribution < 1.29 is 19.4 Å². The highest BCUT2D eigenvalue weighted by molar-refractivity contribution is 5.71. The first-order valence-corrected chi connectivity index (χ1v) is 9.65. The second-order valence-corrected chi connectivity index (χ2v) is 8.55. The summed E-state index contributed by atoms with van der Waals surface area (Å²) in [4.78, 5) is 17.6. The normalized spacial score (nSPS) is 24.0. The molecule has 0 aliphatic carbocycles. The van der Waals surface area contributed by atoms with Crippen molar-refractivity contribution in [1.29, 1.82) is 0 Å². The lowest BCUT2D eigenvalue weighted by Crippen LogP contribution is -2.45. The van der Waals surface area contributed by atoms with Gasteiger partial charge in [-0.15, -0.1) is 0 Å². The summed E-state index contributed by atoms with van der Waals surface area (Å²) >= 11 is 0. The van der Waals surface area contributed by atoms with E-state index in [0.717, 1.165) is 49.4 Å². The Morgan fingerprint density at radius 3 is 2.63 bits per heavy atom. The Kier molecular flexibility index (Phi) is 5.75. The molecule has 1 N–H and O–H groups in total. The first kappa shape index (κ1) is 19.7. The molecule has 0 bridgehead atoms. The molecule has 0 aromatic carbocycles. The molecule has 1 amide bonds. The number of aromatic nitrogens is 1. The molecule has 0 saturated carbocycles. The van der Waals surface area contributed by atoms with Crippen LogP contribution in [-0.2, 0) is 4.74 Å². The summed E-state index contributed by atoms with van der Waals surface area (Å²) < 4.78 is 11.5. The van der Waals surface area contributed by atoms with E-state index >= 15 is 0 Å². The van der Waals surface area contributed by atoms with Crippen LogP contribution in [0.1, 0.15) is 45.6 Å². The monoisotopic (exact) mass is 374 g/mol. The van der Waals surface area contributed by atoms with E-state index < -0.39 is 6.09 Å². The highest BCUT2D eigenvalue weighted by Gasteiger charge is 2.45. The zero-order valence-electron chi connectivity index (χ0n) is 16.5. The molecule has 27 heavy (non-hydrogen) atoms. The second-order valence-electron chi connectivity index (χ2n) is 8.55. The van der Waals surface area contributed by atoms with Gasteiger partial charge in [0.15, 0.2) is 0 Å². The fourth-order valence-electron chi connectivity index (χ4n) is 4.30. The number of nitrogens with zero attached hydrogens (tertiary/aromatic N) is 2. The Labute approximate surface area is 161 Å². The third-order valence-corrected chi connectivity index (χ3v) is 5.53. The predicted molar refractivity (Wildman–Crippen MR) is 104 cm³/mol. The zero-order chi connectivity index (χ0) is 19.6. The van der Waals surface area contributed by atoms with Crippen molar-refractivity contribution in [2.24, 2.45) is 11.3 Å². The molecular weight excluding hydrogens is 344 g/mol. The SMILES string of the molecule is C=C(c1cncc(OC2CCOCC2)c1)C1CCN(C(=O)O)C1C(C)(C)C. The van der Waals surface area contributed by atoms with Gasteiger partial charge < -0.3 is 19.5 Å². The summed E-state index contributed by atoms with van der Waals surface area (Å²) in [5.74, 6) is 0.808. The Bertz CT molecular complexity index is 692. The molecule has 2 atom stereocenters. The molecular formula is C21H30N2O4. The van der Waals surface area contributed by atoms with Gasteiger partial charge in [-0.1, -0.05) is 27.4 Å². The highest BCUT2D eigenvalue weighted by Crippen LogP contribution is 2.43. The molecule has 1 aromatic rings. The van der Waals surface area contributed by atoms with Gasteiger partial charge in [0.1, 0.15) is 11.9 Å². The molecule has 2 unspecified atom stereocenters. The first-order valence-electron chi connectivity index (χ1n) is 9.65. The fourth-order valence-corrected chi connectivity index (χ4v) is 4.30. The molecule has 148 valence electrons. The number of hydrogen-bond donors (Lipinski definition) is 1. The summed E-state index contributed by atoms with van der Waals surface area (Å²) in [6.07, 6.45) is 5.35. The average Bonchev–Trinajstić information content (AvgIpc) is 3.08. The third kappa shape index (κ3) is 4.43. The highest BCUT2D eigenvalue weighted by atomic mass is 16.5. The van der Waals surface area contributed by atoms with Crippen LogP contribution in [0.2, 0.25) is 0 Å². The summed E-state index contributed by atoms with van der Waals surface area (Å²) in [5.41, 5.74) is 1.68. The number of amides is 1. The molecule has 3 heterocycles. The molecule has 2 aliphatic rings. The largest absolute Gasteiger partial charge is 0.489 e. The zero-order valence-corrected chi connectivity index (χ0v) is 16.5. The maximum Gasteiger partial charge on any atom is 0.407 e. The fraction of sp³-hybridized carbons (Fsp3) is 0.619. The number of rotatable bonds is 4. The van der Waals surface area contributed by atoms with Gasteiger partial charge in [-0.25, -0.2) is 4.79 Å². The van der Waals surface area contributed by atoms with Crippen LogP contribution in [0, 0.1) is 11.3 Å². The van der Waals surface area contributed by atoms with Crippen LogP contribution in [0.4, 0.5) is 4.79 Å². The van der Waals surface area contributed by atoms with Gasteiger partial charge in [0, 0.05) is 37.5 Å². The van der Waals surface area contributed by atoms with Gasteiger partial charge in [0.25, 0.3) is 0 Å². The molecule has 0 spiro atoms. The number of carboxylic acid groups (broad SMARTS) is 1. The van der Waals surface area contributed by atoms with Crippen molar-refractivity contribution in [2.45, 2.75) is 52.2 Å². The van der Waals surface area contributed by atoms with Crippen LogP contribution >= 0.6 is 0 Å². The van der Waals surface area contributed by atoms with E-state index in [0.29, 0.717) is 6.54 Å². The average molecular weight is 374 g/mol. The van der Waals surface area contributed by atoms with Crippen molar-refractivity contribution in [1.82, 2.24) is 9.88 Å². The van der Waals surface area contributed by atoms with Crippen LogP contribution in [-0.4, -0.2) is 53.0 Å². The molecule has 1 aromatic heterocycles. The van der Waals surface area contributed by atoms with E-state index in [2.05, 4.69) is 32.3 Å². The summed E-state index contributed by atoms with van der Waals surface area (Å²) in [6, 6.07) is 1.87. The van der Waals surface area contributed by atoms with Crippen LogP contribution in [0.5, 0.6) is 5.75 Å². The lowest BCUT2D eigenvalue weighted by molar-refractivity contribution is 0.0254. The number of pyridine rings is 1. The van der Waals surface area contributed by atoms with Gasteiger partial charge in [0.2, 0.25) is 0 Å². The van der Waals surface area contributed by atoms with Crippen molar-refractivity contribution in [3.8, 4) is 5.75 Å². The predicted octanol–water partition coefficient (Wildman–Crippen LogP) is 4.07. The Hall–Kier alpha value is -2.08. The van der Waals surface area contributed by atoms with E-state index in [-0.39, 0.29) is 23.5 Å². The van der Waals surface area contributed by atoms with E-state index in [9.17, 15) is 9.90 Å². The van der Waals surface area contributed by atoms with E-state index in [1.807, 2.05) is 6.07 Å². The van der Waals surface area contributed by atoms with Gasteiger partial charge in [-0.05, 0) is 29.0 Å². The van der Waals surface area contributed by atoms with Gasteiger partial charge in [-0.2, -0.15) is 0 Å². The van der Waals surface area contributed by atoms with Crippen molar-refractivity contribution >= 4 is 11.7 Å². The van der Waals surface area contributed by atoms with Gasteiger partial charge in [-0.3, -0.25) is 4.98 Å². The molecule has 2 fully saturated rings. The molecule has 6 heteroatoms. The van der Waals surface area contributed by atoms with Crippen molar-refractivity contribution in [2.75, 3.05) is 19.8 Å². The maximum absolute atomic E-state index is 11.7. The lowest BCUT2D eigenvalue weighted by Gasteiger charge is -2.37. The van der Waals surface area contributed by atoms with Crippen LogP contribution in [0.3, 0.4) is 0 Å². The topological polar surface area (TPSA) is 71.9 Å². The third-order valence-electron chi connectivity index (χ3n) is 5.53. The number of carbonyl (C=O) groups is 1. The Morgan fingerprint density at radius 2 is 2.00 bits per heavy atom. The number of likely N-dealkylation sites (tertiary alicyclic amines) is 1. The van der Waals surface area contributed by atoms with Crippen LogP contribution in [0.15, 0.2) is 25.0 Å². The van der Waals surface area contributed by atoms with Gasteiger partial charge in [0.05, 0.1) is 19.4 Å².